The van der Waals surface area contributed by atoms with Gasteiger partial charge in [0.1, 0.15) is 6.10 Å². The van der Waals surface area contributed by atoms with Gasteiger partial charge in [-0.3, -0.25) is 4.98 Å². The average molecular weight is 195 g/mol. The first kappa shape index (κ1) is 11.1. The van der Waals surface area contributed by atoms with Crippen LogP contribution in [0.4, 0.5) is 0 Å². The van der Waals surface area contributed by atoms with Crippen LogP contribution in [0, 0.1) is 6.92 Å². The van der Waals surface area contributed by atoms with E-state index < -0.39 is 6.10 Å². The van der Waals surface area contributed by atoms with Gasteiger partial charge in [0.15, 0.2) is 0 Å². The molecule has 0 saturated heterocycles. The van der Waals surface area contributed by atoms with E-state index in [0.717, 1.165) is 11.1 Å². The van der Waals surface area contributed by atoms with E-state index in [-0.39, 0.29) is 6.10 Å². The highest BCUT2D eigenvalue weighted by molar-refractivity contribution is 5.24. The second-order valence-electron chi connectivity index (χ2n) is 3.34. The summed E-state index contributed by atoms with van der Waals surface area (Å²) < 4.78 is 5.34. The largest absolute Gasteiger partial charge is 0.386 e. The Hall–Kier alpha value is -0.930. The van der Waals surface area contributed by atoms with Crippen LogP contribution in [0.5, 0.6) is 0 Å². The van der Waals surface area contributed by atoms with Gasteiger partial charge in [0.2, 0.25) is 0 Å². The van der Waals surface area contributed by atoms with Crippen LogP contribution in [0.25, 0.3) is 0 Å². The summed E-state index contributed by atoms with van der Waals surface area (Å²) in [5.74, 6) is 0. The molecule has 3 heteroatoms. The van der Waals surface area contributed by atoms with Crippen molar-refractivity contribution in [3.8, 4) is 0 Å². The van der Waals surface area contributed by atoms with Crippen molar-refractivity contribution in [1.29, 1.82) is 0 Å². The first-order valence-corrected chi connectivity index (χ1v) is 4.87. The van der Waals surface area contributed by atoms with Gasteiger partial charge in [-0.15, -0.1) is 0 Å². The summed E-state index contributed by atoms with van der Waals surface area (Å²) in [7, 11) is 0. The Bertz CT molecular complexity index is 288. The molecule has 1 N–H and O–H groups in total. The van der Waals surface area contributed by atoms with Gasteiger partial charge in [-0.1, -0.05) is 0 Å². The fourth-order valence-electron chi connectivity index (χ4n) is 1.39. The fraction of sp³-hybridized carbons (Fsp3) is 0.545. The maximum absolute atomic E-state index is 9.94. The molecule has 0 saturated carbocycles. The molecule has 0 fully saturated rings. The first-order valence-electron chi connectivity index (χ1n) is 4.87. The molecule has 14 heavy (non-hydrogen) atoms. The molecule has 0 aliphatic rings. The van der Waals surface area contributed by atoms with Gasteiger partial charge in [0.25, 0.3) is 0 Å². The zero-order chi connectivity index (χ0) is 10.6. The Labute approximate surface area is 84.7 Å². The van der Waals surface area contributed by atoms with E-state index in [4.69, 9.17) is 4.74 Å². The molecule has 0 aromatic carbocycles. The third kappa shape index (κ3) is 2.53. The van der Waals surface area contributed by atoms with E-state index in [2.05, 4.69) is 4.98 Å². The number of aryl methyl sites for hydroxylation is 1. The number of pyridine rings is 1. The summed E-state index contributed by atoms with van der Waals surface area (Å²) in [5, 5.41) is 9.94. The minimum atomic E-state index is -0.594. The molecule has 0 spiro atoms. The van der Waals surface area contributed by atoms with Crippen molar-refractivity contribution in [3.05, 3.63) is 29.6 Å². The summed E-state index contributed by atoms with van der Waals surface area (Å²) in [6.45, 7) is 6.34. The molecule has 2 atom stereocenters. The van der Waals surface area contributed by atoms with Crippen LogP contribution in [-0.2, 0) is 4.74 Å². The zero-order valence-corrected chi connectivity index (χ0v) is 8.90. The smallest absolute Gasteiger partial charge is 0.107 e. The highest BCUT2D eigenvalue weighted by atomic mass is 16.5. The summed E-state index contributed by atoms with van der Waals surface area (Å²) in [6, 6.07) is 1.89. The SMILES string of the molecule is CCOC(C)C(O)c1cnccc1C. The van der Waals surface area contributed by atoms with E-state index in [1.165, 1.54) is 0 Å². The lowest BCUT2D eigenvalue weighted by Gasteiger charge is -2.20. The molecule has 0 aliphatic carbocycles. The number of aliphatic hydroxyl groups excluding tert-OH is 1. The van der Waals surface area contributed by atoms with Gasteiger partial charge >= 0.3 is 0 Å². The molecule has 1 rings (SSSR count). The van der Waals surface area contributed by atoms with Crippen LogP contribution in [-0.4, -0.2) is 22.8 Å². The molecule has 0 bridgehead atoms. The zero-order valence-electron chi connectivity index (χ0n) is 8.90. The van der Waals surface area contributed by atoms with Crippen LogP contribution in [0.1, 0.15) is 31.1 Å². The molecule has 78 valence electrons. The molecule has 2 unspecified atom stereocenters. The molecular formula is C11H17NO2. The topological polar surface area (TPSA) is 42.4 Å². The third-order valence-electron chi connectivity index (χ3n) is 2.27. The number of rotatable bonds is 4. The second-order valence-corrected chi connectivity index (χ2v) is 3.34. The maximum Gasteiger partial charge on any atom is 0.107 e. The summed E-state index contributed by atoms with van der Waals surface area (Å²) in [6.07, 6.45) is 2.62. The second kappa shape index (κ2) is 5.08. The van der Waals surface area contributed by atoms with Gasteiger partial charge in [-0.25, -0.2) is 0 Å². The number of hydrogen-bond acceptors (Lipinski definition) is 3. The molecule has 1 aromatic heterocycles. The average Bonchev–Trinajstić information content (AvgIpc) is 2.18. The van der Waals surface area contributed by atoms with E-state index in [9.17, 15) is 5.11 Å². The highest BCUT2D eigenvalue weighted by Gasteiger charge is 2.18. The summed E-state index contributed by atoms with van der Waals surface area (Å²) in [5.41, 5.74) is 1.88. The molecule has 0 aliphatic heterocycles. The van der Waals surface area contributed by atoms with Crippen molar-refractivity contribution in [2.75, 3.05) is 6.61 Å². The molecule has 0 radical (unpaired) electrons. The quantitative estimate of drug-likeness (QED) is 0.797. The van der Waals surface area contributed by atoms with Crippen molar-refractivity contribution in [3.63, 3.8) is 0 Å². The van der Waals surface area contributed by atoms with Crippen molar-refractivity contribution in [2.24, 2.45) is 0 Å². The number of aliphatic hydroxyl groups is 1. The lowest BCUT2D eigenvalue weighted by atomic mass is 10.0. The van der Waals surface area contributed by atoms with E-state index in [1.54, 1.807) is 12.4 Å². The Balaban J connectivity index is 2.78. The van der Waals surface area contributed by atoms with Crippen LogP contribution >= 0.6 is 0 Å². The van der Waals surface area contributed by atoms with Crippen LogP contribution < -0.4 is 0 Å². The predicted octanol–water partition coefficient (Wildman–Crippen LogP) is 1.85. The van der Waals surface area contributed by atoms with Crippen LogP contribution in [0.15, 0.2) is 18.5 Å². The molecule has 3 nitrogen and oxygen atoms in total. The van der Waals surface area contributed by atoms with Gasteiger partial charge in [-0.2, -0.15) is 0 Å². The Kier molecular flexibility index (Phi) is 4.04. The van der Waals surface area contributed by atoms with E-state index in [1.807, 2.05) is 26.8 Å². The Morgan fingerprint density at radius 3 is 2.86 bits per heavy atom. The maximum atomic E-state index is 9.94. The first-order chi connectivity index (χ1) is 6.66. The van der Waals surface area contributed by atoms with Crippen molar-refractivity contribution >= 4 is 0 Å². The molecule has 1 heterocycles. The van der Waals surface area contributed by atoms with E-state index in [0.29, 0.717) is 6.61 Å². The van der Waals surface area contributed by atoms with Gasteiger partial charge in [-0.05, 0) is 32.4 Å². The van der Waals surface area contributed by atoms with Crippen molar-refractivity contribution < 1.29 is 9.84 Å². The lowest BCUT2D eigenvalue weighted by molar-refractivity contribution is -0.0231. The molecule has 0 amide bonds. The minimum absolute atomic E-state index is 0.192. The van der Waals surface area contributed by atoms with Crippen molar-refractivity contribution in [1.82, 2.24) is 4.98 Å². The number of hydrogen-bond donors (Lipinski definition) is 1. The summed E-state index contributed by atoms with van der Waals surface area (Å²) in [4.78, 5) is 3.99. The summed E-state index contributed by atoms with van der Waals surface area (Å²) >= 11 is 0. The number of aromatic nitrogens is 1. The molecule has 1 aromatic rings. The fourth-order valence-corrected chi connectivity index (χ4v) is 1.39. The van der Waals surface area contributed by atoms with Gasteiger partial charge < -0.3 is 9.84 Å². The van der Waals surface area contributed by atoms with Gasteiger partial charge in [0, 0.05) is 24.6 Å². The third-order valence-corrected chi connectivity index (χ3v) is 2.27. The monoisotopic (exact) mass is 195 g/mol. The Morgan fingerprint density at radius 2 is 2.29 bits per heavy atom. The van der Waals surface area contributed by atoms with Crippen LogP contribution in [0.2, 0.25) is 0 Å². The van der Waals surface area contributed by atoms with Gasteiger partial charge in [0.05, 0.1) is 6.10 Å². The molecular weight excluding hydrogens is 178 g/mol. The standard InChI is InChI=1S/C11H17NO2/c1-4-14-9(3)11(13)10-7-12-6-5-8(10)2/h5-7,9,11,13H,4H2,1-3H3. The van der Waals surface area contributed by atoms with E-state index >= 15 is 0 Å². The minimum Gasteiger partial charge on any atom is -0.386 e. The Morgan fingerprint density at radius 1 is 1.57 bits per heavy atom. The van der Waals surface area contributed by atoms with Crippen LogP contribution in [0.3, 0.4) is 0 Å². The van der Waals surface area contributed by atoms with Crippen molar-refractivity contribution in [2.45, 2.75) is 33.0 Å². The normalized spacial score (nSPS) is 15.1. The highest BCUT2D eigenvalue weighted by Crippen LogP contribution is 2.20. The number of nitrogens with zero attached hydrogens (tertiary/aromatic N) is 1. The predicted molar refractivity (Wildman–Crippen MR) is 55.0 cm³/mol. The number of ether oxygens (including phenoxy) is 1. The lowest BCUT2D eigenvalue weighted by Crippen LogP contribution is -2.19.